The van der Waals surface area contributed by atoms with Crippen molar-refractivity contribution in [2.45, 2.75) is 19.3 Å². The van der Waals surface area contributed by atoms with E-state index in [9.17, 15) is 9.59 Å². The lowest BCUT2D eigenvalue weighted by molar-refractivity contribution is -0.140. The molecule has 0 radical (unpaired) electrons. The normalized spacial score (nSPS) is 18.4. The first kappa shape index (κ1) is 22.1. The minimum absolute atomic E-state index is 0.0438. The first-order valence-corrected chi connectivity index (χ1v) is 10.7. The van der Waals surface area contributed by atoms with Crippen molar-refractivity contribution >= 4 is 17.8 Å². The van der Waals surface area contributed by atoms with Crippen LogP contribution in [0.2, 0.25) is 0 Å². The number of furan rings is 1. The van der Waals surface area contributed by atoms with Crippen LogP contribution in [0.25, 0.3) is 0 Å². The third-order valence-corrected chi connectivity index (χ3v) is 5.56. The van der Waals surface area contributed by atoms with Crippen molar-refractivity contribution in [2.24, 2.45) is 10.9 Å². The van der Waals surface area contributed by atoms with Gasteiger partial charge in [-0.2, -0.15) is 0 Å². The topological polar surface area (TPSA) is 90.6 Å². The molecule has 0 unspecified atom stereocenters. The van der Waals surface area contributed by atoms with Crippen LogP contribution in [0, 0.1) is 5.92 Å². The fourth-order valence-corrected chi connectivity index (χ4v) is 3.68. The van der Waals surface area contributed by atoms with E-state index in [0.717, 1.165) is 38.1 Å². The van der Waals surface area contributed by atoms with Crippen molar-refractivity contribution in [3.8, 4) is 0 Å². The summed E-state index contributed by atoms with van der Waals surface area (Å²) >= 11 is 0. The van der Waals surface area contributed by atoms with Crippen LogP contribution in [0.3, 0.4) is 0 Å². The largest absolute Gasteiger partial charge is 0.469 e. The quantitative estimate of drug-likeness (QED) is 0.531. The predicted octanol–water partition coefficient (Wildman–Crippen LogP) is 0.427. The molecule has 9 nitrogen and oxygen atoms in total. The zero-order chi connectivity index (χ0) is 21.3. The van der Waals surface area contributed by atoms with Gasteiger partial charge in [0.2, 0.25) is 11.8 Å². The number of ether oxygens (including phenoxy) is 1. The van der Waals surface area contributed by atoms with Gasteiger partial charge in [-0.25, -0.2) is 4.99 Å². The highest BCUT2D eigenvalue weighted by molar-refractivity contribution is 5.85. The van der Waals surface area contributed by atoms with Gasteiger partial charge in [0, 0.05) is 59.2 Å². The Bertz CT molecular complexity index is 705. The smallest absolute Gasteiger partial charge is 0.243 e. The molecule has 3 heterocycles. The summed E-state index contributed by atoms with van der Waals surface area (Å²) < 4.78 is 10.7. The number of aliphatic imine (C=N–C) groups is 1. The molecule has 0 saturated carbocycles. The SMILES string of the molecule is CN(C)C(=O)CN=C(NCCc1ccco1)N1CCC(C(=O)N2CCOCC2)CC1. The van der Waals surface area contributed by atoms with Crippen LogP contribution < -0.4 is 5.32 Å². The summed E-state index contributed by atoms with van der Waals surface area (Å²) in [4.78, 5) is 34.9. The lowest BCUT2D eigenvalue weighted by atomic mass is 9.95. The number of hydrogen-bond donors (Lipinski definition) is 1. The van der Waals surface area contributed by atoms with Crippen molar-refractivity contribution in [3.05, 3.63) is 24.2 Å². The summed E-state index contributed by atoms with van der Waals surface area (Å²) in [6.07, 6.45) is 3.98. The molecule has 1 N–H and O–H groups in total. The van der Waals surface area contributed by atoms with Crippen LogP contribution in [0.5, 0.6) is 0 Å². The zero-order valence-electron chi connectivity index (χ0n) is 18.0. The summed E-state index contributed by atoms with van der Waals surface area (Å²) in [5.74, 6) is 1.87. The summed E-state index contributed by atoms with van der Waals surface area (Å²) in [5, 5.41) is 3.36. The van der Waals surface area contributed by atoms with Gasteiger partial charge in [-0.15, -0.1) is 0 Å². The highest BCUT2D eigenvalue weighted by atomic mass is 16.5. The number of nitrogens with zero attached hydrogens (tertiary/aromatic N) is 4. The molecular formula is C21H33N5O4. The van der Waals surface area contributed by atoms with Gasteiger partial charge in [0.05, 0.1) is 19.5 Å². The minimum atomic E-state index is -0.0438. The number of rotatable bonds is 6. The Labute approximate surface area is 178 Å². The Morgan fingerprint density at radius 1 is 1.17 bits per heavy atom. The summed E-state index contributed by atoms with van der Waals surface area (Å²) in [6, 6.07) is 3.81. The van der Waals surface area contributed by atoms with Crippen LogP contribution in [-0.2, 0) is 20.7 Å². The molecular weight excluding hydrogens is 386 g/mol. The van der Waals surface area contributed by atoms with Crippen molar-refractivity contribution in [1.29, 1.82) is 0 Å². The maximum atomic E-state index is 12.8. The Morgan fingerprint density at radius 2 is 1.90 bits per heavy atom. The lowest BCUT2D eigenvalue weighted by Gasteiger charge is -2.36. The molecule has 2 aliphatic rings. The molecule has 2 amide bonds. The molecule has 30 heavy (non-hydrogen) atoms. The molecule has 2 fully saturated rings. The monoisotopic (exact) mass is 419 g/mol. The van der Waals surface area contributed by atoms with Crippen molar-refractivity contribution in [2.75, 3.05) is 66.6 Å². The maximum absolute atomic E-state index is 12.8. The Balaban J connectivity index is 1.55. The number of piperidine rings is 1. The average Bonchev–Trinajstić information content (AvgIpc) is 3.29. The highest BCUT2D eigenvalue weighted by Gasteiger charge is 2.30. The van der Waals surface area contributed by atoms with Crippen LogP contribution >= 0.6 is 0 Å². The van der Waals surface area contributed by atoms with E-state index in [1.54, 1.807) is 20.4 Å². The molecule has 2 saturated heterocycles. The van der Waals surface area contributed by atoms with Crippen LogP contribution in [0.1, 0.15) is 18.6 Å². The number of nitrogens with one attached hydrogen (secondary N) is 1. The number of guanidine groups is 1. The Morgan fingerprint density at radius 3 is 2.53 bits per heavy atom. The number of likely N-dealkylation sites (tertiary alicyclic amines) is 1. The van der Waals surface area contributed by atoms with Gasteiger partial charge < -0.3 is 29.2 Å². The molecule has 9 heteroatoms. The van der Waals surface area contributed by atoms with Gasteiger partial charge in [-0.3, -0.25) is 9.59 Å². The number of hydrogen-bond acceptors (Lipinski definition) is 5. The fourth-order valence-electron chi connectivity index (χ4n) is 3.68. The van der Waals surface area contributed by atoms with Gasteiger partial charge >= 0.3 is 0 Å². The average molecular weight is 420 g/mol. The van der Waals surface area contributed by atoms with Crippen LogP contribution in [0.15, 0.2) is 27.8 Å². The van der Waals surface area contributed by atoms with Crippen LogP contribution in [0.4, 0.5) is 0 Å². The molecule has 166 valence electrons. The molecule has 0 aliphatic carbocycles. The van der Waals surface area contributed by atoms with E-state index in [0.29, 0.717) is 38.8 Å². The van der Waals surface area contributed by atoms with Crippen LogP contribution in [-0.4, -0.2) is 99.1 Å². The standard InChI is InChI=1S/C21H33N5O4/c1-24(2)19(27)16-23-21(22-8-5-18-4-3-13-30-18)26-9-6-17(7-10-26)20(28)25-11-14-29-15-12-25/h3-4,13,17H,5-12,14-16H2,1-2H3,(H,22,23). The maximum Gasteiger partial charge on any atom is 0.243 e. The van der Waals surface area contributed by atoms with E-state index in [-0.39, 0.29) is 24.3 Å². The van der Waals surface area contributed by atoms with E-state index in [1.165, 1.54) is 4.90 Å². The second-order valence-electron chi connectivity index (χ2n) is 7.88. The lowest BCUT2D eigenvalue weighted by Crippen LogP contribution is -2.50. The number of carbonyl (C=O) groups is 2. The molecule has 3 rings (SSSR count). The van der Waals surface area contributed by atoms with Crippen molar-refractivity contribution < 1.29 is 18.7 Å². The van der Waals surface area contributed by atoms with Crippen molar-refractivity contribution in [1.82, 2.24) is 20.0 Å². The van der Waals surface area contributed by atoms with E-state index < -0.39 is 0 Å². The molecule has 2 aliphatic heterocycles. The summed E-state index contributed by atoms with van der Waals surface area (Å²) in [7, 11) is 3.45. The molecule has 0 bridgehead atoms. The Kier molecular flexibility index (Phi) is 8.12. The number of morpholine rings is 1. The Hall–Kier alpha value is -2.55. The number of carbonyl (C=O) groups excluding carboxylic acids is 2. The molecule has 1 aromatic heterocycles. The minimum Gasteiger partial charge on any atom is -0.469 e. The van der Waals surface area contributed by atoms with E-state index in [4.69, 9.17) is 9.15 Å². The summed E-state index contributed by atoms with van der Waals surface area (Å²) in [6.45, 7) is 4.87. The zero-order valence-corrected chi connectivity index (χ0v) is 18.0. The first-order chi connectivity index (χ1) is 14.5. The third-order valence-electron chi connectivity index (χ3n) is 5.56. The summed E-state index contributed by atoms with van der Waals surface area (Å²) in [5.41, 5.74) is 0. The first-order valence-electron chi connectivity index (χ1n) is 10.7. The van der Waals surface area contributed by atoms with Gasteiger partial charge in [0.1, 0.15) is 12.3 Å². The van der Waals surface area contributed by atoms with Gasteiger partial charge in [-0.05, 0) is 25.0 Å². The van der Waals surface area contributed by atoms with Gasteiger partial charge in [0.15, 0.2) is 5.96 Å². The molecule has 1 aromatic rings. The number of likely N-dealkylation sites (N-methyl/N-ethyl adjacent to an activating group) is 1. The second kappa shape index (κ2) is 11.0. The van der Waals surface area contributed by atoms with E-state index in [1.807, 2.05) is 17.0 Å². The molecule has 0 atom stereocenters. The highest BCUT2D eigenvalue weighted by Crippen LogP contribution is 2.20. The number of amides is 2. The van der Waals surface area contributed by atoms with E-state index in [2.05, 4.69) is 15.2 Å². The second-order valence-corrected chi connectivity index (χ2v) is 7.88. The van der Waals surface area contributed by atoms with Crippen molar-refractivity contribution in [3.63, 3.8) is 0 Å². The predicted molar refractivity (Wildman–Crippen MR) is 113 cm³/mol. The van der Waals surface area contributed by atoms with E-state index >= 15 is 0 Å². The van der Waals surface area contributed by atoms with Gasteiger partial charge in [-0.1, -0.05) is 0 Å². The molecule has 0 spiro atoms. The molecule has 0 aromatic carbocycles. The van der Waals surface area contributed by atoms with Gasteiger partial charge in [0.25, 0.3) is 0 Å². The third kappa shape index (κ3) is 6.22. The fraction of sp³-hybridized carbons (Fsp3) is 0.667.